The van der Waals surface area contributed by atoms with Gasteiger partial charge in [0.1, 0.15) is 6.04 Å². The molecular formula is C16H20N2O3. The average Bonchev–Trinajstić information content (AvgIpc) is 2.94. The van der Waals surface area contributed by atoms with Crippen molar-refractivity contribution < 1.29 is 14.3 Å². The molecule has 0 radical (unpaired) electrons. The van der Waals surface area contributed by atoms with Crippen LogP contribution in [0.15, 0.2) is 24.3 Å². The standard InChI is InChI=1S/C16H20N2O3/c1-12(19)13-2-4-14(5-3-13)17-7-9-18(10-8-17)15-6-11-21-16(15)20/h2-5,15H,6-11H2,1H3/t15-/m1/s1. The maximum atomic E-state index is 11.6. The first-order valence-corrected chi connectivity index (χ1v) is 7.42. The van der Waals surface area contributed by atoms with Gasteiger partial charge in [-0.3, -0.25) is 14.5 Å². The summed E-state index contributed by atoms with van der Waals surface area (Å²) < 4.78 is 5.04. The summed E-state index contributed by atoms with van der Waals surface area (Å²) in [6.07, 6.45) is 0.812. The molecule has 2 aliphatic rings. The van der Waals surface area contributed by atoms with Gasteiger partial charge in [0.2, 0.25) is 0 Å². The number of anilines is 1. The number of carbonyl (C=O) groups is 2. The second kappa shape index (κ2) is 5.85. The monoisotopic (exact) mass is 288 g/mol. The van der Waals surface area contributed by atoms with Crippen LogP contribution in [0.4, 0.5) is 5.69 Å². The number of esters is 1. The minimum Gasteiger partial charge on any atom is -0.464 e. The lowest BCUT2D eigenvalue weighted by atomic mass is 10.1. The SMILES string of the molecule is CC(=O)c1ccc(N2CCN([C@@H]3CCOC3=O)CC2)cc1. The number of ketones is 1. The second-order valence-electron chi connectivity index (χ2n) is 5.60. The quantitative estimate of drug-likeness (QED) is 0.620. The topological polar surface area (TPSA) is 49.9 Å². The van der Waals surface area contributed by atoms with E-state index in [1.54, 1.807) is 6.92 Å². The summed E-state index contributed by atoms with van der Waals surface area (Å²) in [5.74, 6) is 0.0142. The molecule has 2 fully saturated rings. The molecule has 0 spiro atoms. The van der Waals surface area contributed by atoms with E-state index < -0.39 is 0 Å². The Balaban J connectivity index is 1.60. The number of Topliss-reactive ketones (excluding diaryl/α,β-unsaturated/α-hetero) is 1. The molecule has 1 aromatic rings. The van der Waals surface area contributed by atoms with Crippen LogP contribution in [0.3, 0.4) is 0 Å². The molecule has 0 aromatic heterocycles. The maximum absolute atomic E-state index is 11.6. The molecule has 2 aliphatic heterocycles. The van der Waals surface area contributed by atoms with Gasteiger partial charge in [-0.05, 0) is 31.2 Å². The molecule has 1 atom stereocenters. The summed E-state index contributed by atoms with van der Waals surface area (Å²) in [4.78, 5) is 27.4. The Bertz CT molecular complexity index is 533. The van der Waals surface area contributed by atoms with Crippen molar-refractivity contribution in [2.75, 3.05) is 37.7 Å². The third-order valence-corrected chi connectivity index (χ3v) is 4.30. The highest BCUT2D eigenvalue weighted by Crippen LogP contribution is 2.21. The summed E-state index contributed by atoms with van der Waals surface area (Å²) in [5.41, 5.74) is 1.87. The minimum atomic E-state index is -0.0748. The van der Waals surface area contributed by atoms with Gasteiger partial charge in [-0.1, -0.05) is 0 Å². The Kier molecular flexibility index (Phi) is 3.92. The Hall–Kier alpha value is -1.88. The van der Waals surface area contributed by atoms with Crippen molar-refractivity contribution in [3.05, 3.63) is 29.8 Å². The molecule has 0 aliphatic carbocycles. The molecule has 0 amide bonds. The van der Waals surface area contributed by atoms with Crippen LogP contribution in [0.2, 0.25) is 0 Å². The fraction of sp³-hybridized carbons (Fsp3) is 0.500. The van der Waals surface area contributed by atoms with Crippen LogP contribution in [0.5, 0.6) is 0 Å². The molecular weight excluding hydrogens is 268 g/mol. The summed E-state index contributed by atoms with van der Waals surface area (Å²) in [5, 5.41) is 0. The van der Waals surface area contributed by atoms with Gasteiger partial charge in [0, 0.05) is 43.9 Å². The zero-order valence-electron chi connectivity index (χ0n) is 12.2. The molecule has 2 saturated heterocycles. The number of rotatable bonds is 3. The fourth-order valence-electron chi connectivity index (χ4n) is 3.02. The van der Waals surface area contributed by atoms with Crippen molar-refractivity contribution in [2.45, 2.75) is 19.4 Å². The van der Waals surface area contributed by atoms with Crippen molar-refractivity contribution >= 4 is 17.4 Å². The maximum Gasteiger partial charge on any atom is 0.323 e. The summed E-state index contributed by atoms with van der Waals surface area (Å²) >= 11 is 0. The minimum absolute atomic E-state index is 0.0489. The van der Waals surface area contributed by atoms with E-state index in [4.69, 9.17) is 4.74 Å². The van der Waals surface area contributed by atoms with Gasteiger partial charge in [-0.15, -0.1) is 0 Å². The molecule has 5 heteroatoms. The van der Waals surface area contributed by atoms with Crippen molar-refractivity contribution in [1.82, 2.24) is 4.90 Å². The van der Waals surface area contributed by atoms with Gasteiger partial charge < -0.3 is 9.64 Å². The lowest BCUT2D eigenvalue weighted by Crippen LogP contribution is -2.51. The smallest absolute Gasteiger partial charge is 0.323 e. The molecule has 1 aromatic carbocycles. The van der Waals surface area contributed by atoms with Crippen LogP contribution in [0.25, 0.3) is 0 Å². The van der Waals surface area contributed by atoms with Crippen molar-refractivity contribution in [1.29, 1.82) is 0 Å². The number of carbonyl (C=O) groups excluding carboxylic acids is 2. The van der Waals surface area contributed by atoms with E-state index in [1.165, 1.54) is 0 Å². The van der Waals surface area contributed by atoms with Gasteiger partial charge in [-0.25, -0.2) is 0 Å². The molecule has 2 heterocycles. The Morgan fingerprint density at radius 3 is 2.33 bits per heavy atom. The first kappa shape index (κ1) is 14.1. The number of benzene rings is 1. The average molecular weight is 288 g/mol. The molecule has 21 heavy (non-hydrogen) atoms. The Morgan fingerprint density at radius 2 is 1.81 bits per heavy atom. The first-order chi connectivity index (χ1) is 10.1. The highest BCUT2D eigenvalue weighted by molar-refractivity contribution is 5.94. The van der Waals surface area contributed by atoms with Crippen molar-refractivity contribution in [2.24, 2.45) is 0 Å². The van der Waals surface area contributed by atoms with E-state index in [0.717, 1.165) is 43.9 Å². The molecule has 0 unspecified atom stereocenters. The van der Waals surface area contributed by atoms with Crippen LogP contribution in [0.1, 0.15) is 23.7 Å². The summed E-state index contributed by atoms with van der Waals surface area (Å²) in [6.45, 7) is 5.65. The lowest BCUT2D eigenvalue weighted by molar-refractivity contribution is -0.142. The normalized spacial score (nSPS) is 23.2. The third-order valence-electron chi connectivity index (χ3n) is 4.30. The largest absolute Gasteiger partial charge is 0.464 e. The van der Waals surface area contributed by atoms with E-state index in [1.807, 2.05) is 24.3 Å². The number of ether oxygens (including phenoxy) is 1. The van der Waals surface area contributed by atoms with Crippen molar-refractivity contribution in [3.8, 4) is 0 Å². The zero-order chi connectivity index (χ0) is 14.8. The summed E-state index contributed by atoms with van der Waals surface area (Å²) in [6, 6.07) is 7.69. The van der Waals surface area contributed by atoms with Gasteiger partial charge in [0.15, 0.2) is 5.78 Å². The van der Waals surface area contributed by atoms with Gasteiger partial charge in [-0.2, -0.15) is 0 Å². The van der Waals surface area contributed by atoms with E-state index in [0.29, 0.717) is 6.61 Å². The van der Waals surface area contributed by atoms with Gasteiger partial charge in [0.05, 0.1) is 6.61 Å². The number of hydrogen-bond acceptors (Lipinski definition) is 5. The molecule has 5 nitrogen and oxygen atoms in total. The van der Waals surface area contributed by atoms with Gasteiger partial charge in [0.25, 0.3) is 0 Å². The lowest BCUT2D eigenvalue weighted by Gasteiger charge is -2.37. The molecule has 112 valence electrons. The van der Waals surface area contributed by atoms with E-state index >= 15 is 0 Å². The Morgan fingerprint density at radius 1 is 1.14 bits per heavy atom. The highest BCUT2D eigenvalue weighted by atomic mass is 16.5. The highest BCUT2D eigenvalue weighted by Gasteiger charge is 2.33. The van der Waals surface area contributed by atoms with Crippen molar-refractivity contribution in [3.63, 3.8) is 0 Å². The summed E-state index contributed by atoms with van der Waals surface area (Å²) in [7, 11) is 0. The molecule has 3 rings (SSSR count). The van der Waals surface area contributed by atoms with E-state index in [9.17, 15) is 9.59 Å². The number of cyclic esters (lactones) is 1. The van der Waals surface area contributed by atoms with Crippen LogP contribution in [-0.4, -0.2) is 55.5 Å². The van der Waals surface area contributed by atoms with Crippen LogP contribution in [0, 0.1) is 0 Å². The predicted molar refractivity (Wildman–Crippen MR) is 79.6 cm³/mol. The van der Waals surface area contributed by atoms with Crippen LogP contribution >= 0.6 is 0 Å². The molecule has 0 bridgehead atoms. The fourth-order valence-corrected chi connectivity index (χ4v) is 3.02. The molecule has 0 saturated carbocycles. The predicted octanol–water partition coefficient (Wildman–Crippen LogP) is 1.33. The van der Waals surface area contributed by atoms with Crippen LogP contribution < -0.4 is 4.90 Å². The van der Waals surface area contributed by atoms with E-state index in [2.05, 4.69) is 9.80 Å². The van der Waals surface area contributed by atoms with E-state index in [-0.39, 0.29) is 17.8 Å². The third kappa shape index (κ3) is 2.93. The molecule has 0 N–H and O–H groups in total. The number of piperazine rings is 1. The number of hydrogen-bond donors (Lipinski definition) is 0. The Labute approximate surface area is 124 Å². The number of nitrogens with zero attached hydrogens (tertiary/aromatic N) is 2. The van der Waals surface area contributed by atoms with Crippen LogP contribution in [-0.2, 0) is 9.53 Å². The second-order valence-corrected chi connectivity index (χ2v) is 5.60. The van der Waals surface area contributed by atoms with Gasteiger partial charge >= 0.3 is 5.97 Å². The first-order valence-electron chi connectivity index (χ1n) is 7.42. The zero-order valence-corrected chi connectivity index (χ0v) is 12.2.